The van der Waals surface area contributed by atoms with Crippen LogP contribution >= 0.6 is 0 Å². The van der Waals surface area contributed by atoms with Crippen molar-refractivity contribution in [1.29, 1.82) is 0 Å². The summed E-state index contributed by atoms with van der Waals surface area (Å²) in [6, 6.07) is 20.7. The quantitative estimate of drug-likeness (QED) is 0.484. The third-order valence-corrected chi connectivity index (χ3v) is 6.35. The molecule has 1 atom stereocenters. The Morgan fingerprint density at radius 2 is 1.44 bits per heavy atom. The van der Waals surface area contributed by atoms with E-state index in [0.29, 0.717) is 17.1 Å². The van der Waals surface area contributed by atoms with Gasteiger partial charge in [-0.2, -0.15) is 0 Å². The van der Waals surface area contributed by atoms with Crippen LogP contribution in [0, 0.1) is 6.92 Å². The maximum atomic E-state index is 12.6. The summed E-state index contributed by atoms with van der Waals surface area (Å²) in [5.41, 5.74) is 3.04. The fourth-order valence-electron chi connectivity index (χ4n) is 3.11. The number of benzene rings is 3. The van der Waals surface area contributed by atoms with Gasteiger partial charge in [0, 0.05) is 11.4 Å². The molecule has 7 heteroatoms. The summed E-state index contributed by atoms with van der Waals surface area (Å²) in [5, 5.41) is 2.77. The lowest BCUT2D eigenvalue weighted by molar-refractivity contribution is -0.122. The van der Waals surface area contributed by atoms with Gasteiger partial charge in [0.1, 0.15) is 5.75 Å². The summed E-state index contributed by atoms with van der Waals surface area (Å²) in [5.74, 6) is 0.621. The van der Waals surface area contributed by atoms with Gasteiger partial charge in [0.2, 0.25) is 0 Å². The number of carbonyl (C=O) groups excluding carboxylic acids is 1. The van der Waals surface area contributed by atoms with Gasteiger partial charge in [0.15, 0.2) is 6.10 Å². The van der Waals surface area contributed by atoms with Crippen LogP contribution in [0.3, 0.4) is 0 Å². The summed E-state index contributed by atoms with van der Waals surface area (Å²) in [4.78, 5) is 12.7. The van der Waals surface area contributed by atoms with Crippen molar-refractivity contribution in [2.45, 2.75) is 44.6 Å². The molecule has 0 heterocycles. The van der Waals surface area contributed by atoms with Crippen molar-refractivity contribution in [1.82, 2.24) is 0 Å². The summed E-state index contributed by atoms with van der Waals surface area (Å²) < 4.78 is 33.6. The molecular weight excluding hydrogens is 424 g/mol. The van der Waals surface area contributed by atoms with Crippen LogP contribution in [0.5, 0.6) is 5.75 Å². The molecule has 3 rings (SSSR count). The second-order valence-corrected chi connectivity index (χ2v) is 9.62. The Morgan fingerprint density at radius 3 is 2.06 bits per heavy atom. The van der Waals surface area contributed by atoms with Crippen molar-refractivity contribution in [3.63, 3.8) is 0 Å². The first-order chi connectivity index (χ1) is 15.2. The van der Waals surface area contributed by atoms with E-state index in [1.807, 2.05) is 43.3 Å². The van der Waals surface area contributed by atoms with Crippen LogP contribution < -0.4 is 14.8 Å². The highest BCUT2D eigenvalue weighted by molar-refractivity contribution is 7.92. The van der Waals surface area contributed by atoms with E-state index >= 15 is 0 Å². The number of hydrogen-bond donors (Lipinski definition) is 2. The maximum absolute atomic E-state index is 12.6. The summed E-state index contributed by atoms with van der Waals surface area (Å²) in [6.07, 6.45) is -0.721. The van der Waals surface area contributed by atoms with Gasteiger partial charge in [-0.25, -0.2) is 8.42 Å². The molecule has 2 N–H and O–H groups in total. The Hall–Kier alpha value is -3.32. The minimum Gasteiger partial charge on any atom is -0.481 e. The van der Waals surface area contributed by atoms with Crippen molar-refractivity contribution in [2.24, 2.45) is 0 Å². The Morgan fingerprint density at radius 1 is 0.844 bits per heavy atom. The van der Waals surface area contributed by atoms with Gasteiger partial charge in [0.25, 0.3) is 15.9 Å². The third-order valence-electron chi connectivity index (χ3n) is 4.95. The van der Waals surface area contributed by atoms with Gasteiger partial charge in [-0.05, 0) is 67.8 Å². The largest absolute Gasteiger partial charge is 0.481 e. The lowest BCUT2D eigenvalue weighted by Gasteiger charge is -2.18. The molecule has 0 spiro atoms. The second kappa shape index (κ2) is 9.87. The van der Waals surface area contributed by atoms with Gasteiger partial charge in [-0.15, -0.1) is 0 Å². The van der Waals surface area contributed by atoms with Gasteiger partial charge < -0.3 is 10.1 Å². The number of sulfonamides is 1. The van der Waals surface area contributed by atoms with Crippen molar-refractivity contribution in [2.75, 3.05) is 10.0 Å². The molecule has 0 aliphatic rings. The van der Waals surface area contributed by atoms with Crippen molar-refractivity contribution in [3.8, 4) is 5.75 Å². The van der Waals surface area contributed by atoms with E-state index < -0.39 is 16.1 Å². The van der Waals surface area contributed by atoms with E-state index in [4.69, 9.17) is 4.74 Å². The average molecular weight is 453 g/mol. The van der Waals surface area contributed by atoms with E-state index in [9.17, 15) is 13.2 Å². The molecule has 0 fully saturated rings. The second-order valence-electron chi connectivity index (χ2n) is 7.94. The number of hydrogen-bond acceptors (Lipinski definition) is 4. The topological polar surface area (TPSA) is 84.5 Å². The number of anilines is 2. The third kappa shape index (κ3) is 5.88. The van der Waals surface area contributed by atoms with Crippen molar-refractivity contribution >= 4 is 27.3 Å². The van der Waals surface area contributed by atoms with Crippen LogP contribution in [-0.4, -0.2) is 20.4 Å². The predicted octanol–water partition coefficient (Wildman–Crippen LogP) is 5.33. The van der Waals surface area contributed by atoms with Crippen molar-refractivity contribution < 1.29 is 17.9 Å². The van der Waals surface area contributed by atoms with Crippen molar-refractivity contribution in [3.05, 3.63) is 83.9 Å². The maximum Gasteiger partial charge on any atom is 0.265 e. The van der Waals surface area contributed by atoms with Crippen LogP contribution in [-0.2, 0) is 14.8 Å². The van der Waals surface area contributed by atoms with E-state index in [0.717, 1.165) is 11.1 Å². The van der Waals surface area contributed by atoms with Gasteiger partial charge >= 0.3 is 0 Å². The zero-order valence-electron chi connectivity index (χ0n) is 18.6. The number of nitrogens with one attached hydrogen (secondary N) is 2. The number of para-hydroxylation sites is 1. The molecule has 0 radical (unpaired) electrons. The Kier molecular flexibility index (Phi) is 7.20. The zero-order chi connectivity index (χ0) is 23.3. The van der Waals surface area contributed by atoms with Crippen LogP contribution in [0.2, 0.25) is 0 Å². The monoisotopic (exact) mass is 452 g/mol. The first kappa shape index (κ1) is 23.3. The zero-order valence-corrected chi connectivity index (χ0v) is 19.4. The molecule has 3 aromatic carbocycles. The Balaban J connectivity index is 1.64. The molecule has 6 nitrogen and oxygen atoms in total. The van der Waals surface area contributed by atoms with Gasteiger partial charge in [-0.1, -0.05) is 49.7 Å². The number of ether oxygens (including phenoxy) is 1. The highest BCUT2D eigenvalue weighted by atomic mass is 32.2. The molecular formula is C25H28N2O4S. The molecule has 0 aromatic heterocycles. The van der Waals surface area contributed by atoms with Crippen LogP contribution in [0.25, 0.3) is 0 Å². The highest BCUT2D eigenvalue weighted by Gasteiger charge is 2.18. The molecule has 0 unspecified atom stereocenters. The number of rotatable bonds is 8. The SMILES string of the molecule is Cc1ccc(NS(=O)(=O)c2ccc(NC(=O)[C@H](C)Oc3ccccc3C(C)C)cc2)cc1. The van der Waals surface area contributed by atoms with Gasteiger partial charge in [-0.3, -0.25) is 9.52 Å². The van der Waals surface area contributed by atoms with Crippen LogP contribution in [0.4, 0.5) is 11.4 Å². The fraction of sp³-hybridized carbons (Fsp3) is 0.240. The molecule has 168 valence electrons. The number of carbonyl (C=O) groups is 1. The first-order valence-corrected chi connectivity index (χ1v) is 11.9. The first-order valence-electron chi connectivity index (χ1n) is 10.4. The standard InChI is InChI=1S/C25H28N2O4S/c1-17(2)23-7-5-6-8-24(23)31-19(4)25(28)26-20-13-15-22(16-14-20)32(29,30)27-21-11-9-18(3)10-12-21/h5-17,19,27H,1-4H3,(H,26,28)/t19-/m0/s1. The lowest BCUT2D eigenvalue weighted by atomic mass is 10.0. The molecule has 0 saturated carbocycles. The van der Waals surface area contributed by atoms with E-state index in [2.05, 4.69) is 23.9 Å². The molecule has 0 aliphatic carbocycles. The molecule has 0 aliphatic heterocycles. The lowest BCUT2D eigenvalue weighted by Crippen LogP contribution is -2.30. The predicted molar refractivity (Wildman–Crippen MR) is 128 cm³/mol. The smallest absolute Gasteiger partial charge is 0.265 e. The highest BCUT2D eigenvalue weighted by Crippen LogP contribution is 2.27. The van der Waals surface area contributed by atoms with Gasteiger partial charge in [0.05, 0.1) is 4.90 Å². The summed E-state index contributed by atoms with van der Waals surface area (Å²) in [6.45, 7) is 7.74. The normalized spacial score (nSPS) is 12.3. The minimum atomic E-state index is -3.73. The minimum absolute atomic E-state index is 0.103. The molecule has 3 aromatic rings. The summed E-state index contributed by atoms with van der Waals surface area (Å²) >= 11 is 0. The van der Waals surface area contributed by atoms with Crippen LogP contribution in [0.1, 0.15) is 37.8 Å². The molecule has 0 bridgehead atoms. The Labute approximate surface area is 189 Å². The number of aryl methyl sites for hydroxylation is 1. The molecule has 0 saturated heterocycles. The van der Waals surface area contributed by atoms with E-state index in [-0.39, 0.29) is 16.7 Å². The molecule has 32 heavy (non-hydrogen) atoms. The fourth-order valence-corrected chi connectivity index (χ4v) is 4.16. The summed E-state index contributed by atoms with van der Waals surface area (Å²) in [7, 11) is -3.73. The number of amides is 1. The van der Waals surface area contributed by atoms with E-state index in [1.165, 1.54) is 12.1 Å². The Bertz CT molecular complexity index is 1170. The van der Waals surface area contributed by atoms with E-state index in [1.54, 1.807) is 31.2 Å². The van der Waals surface area contributed by atoms with Crippen LogP contribution in [0.15, 0.2) is 77.7 Å². The molecule has 1 amide bonds. The average Bonchev–Trinajstić information content (AvgIpc) is 2.76.